The second-order valence-corrected chi connectivity index (χ2v) is 11.5. The summed E-state index contributed by atoms with van der Waals surface area (Å²) in [6, 6.07) is 9.71. The number of fused-ring (bicyclic) bond motifs is 1. The lowest BCUT2D eigenvalue weighted by Gasteiger charge is -2.22. The summed E-state index contributed by atoms with van der Waals surface area (Å²) < 4.78 is 10.4. The molecule has 0 atom stereocenters. The fourth-order valence-electron chi connectivity index (χ4n) is 4.03. The first kappa shape index (κ1) is 24.1. The van der Waals surface area contributed by atoms with E-state index in [0.29, 0.717) is 5.39 Å². The number of rotatable bonds is 5. The second-order valence-electron chi connectivity index (χ2n) is 8.31. The molecule has 32 heavy (non-hydrogen) atoms. The maximum absolute atomic E-state index is 13.4. The first-order valence-corrected chi connectivity index (χ1v) is 13.7. The maximum atomic E-state index is 13.4. The molecule has 1 heterocycles. The molecule has 1 saturated carbocycles. The van der Waals surface area contributed by atoms with Crippen LogP contribution in [0.15, 0.2) is 44.7 Å². The van der Waals surface area contributed by atoms with Gasteiger partial charge in [-0.05, 0) is 108 Å². The molecule has 4 rings (SSSR count). The van der Waals surface area contributed by atoms with E-state index in [4.69, 9.17) is 9.72 Å². The van der Waals surface area contributed by atoms with Crippen molar-refractivity contribution in [1.82, 2.24) is 9.66 Å². The number of hydrogen-bond acceptors (Lipinski definition) is 4. The Kier molecular flexibility index (Phi) is 7.92. The lowest BCUT2D eigenvalue weighted by Crippen LogP contribution is -2.25. The molecule has 0 radical (unpaired) electrons. The highest BCUT2D eigenvalue weighted by molar-refractivity contribution is 14.1. The Hall–Kier alpha value is -1.01. The van der Waals surface area contributed by atoms with Crippen molar-refractivity contribution in [2.45, 2.75) is 58.0 Å². The Balaban J connectivity index is 1.80. The smallest absolute Gasteiger partial charge is 0.282 e. The third-order valence-corrected chi connectivity index (χ3v) is 7.60. The van der Waals surface area contributed by atoms with Gasteiger partial charge in [0.15, 0.2) is 0 Å². The van der Waals surface area contributed by atoms with Gasteiger partial charge in [-0.3, -0.25) is 4.79 Å². The molecule has 2 aromatic carbocycles. The molecule has 0 N–H and O–H groups in total. The highest BCUT2D eigenvalue weighted by atomic mass is 127. The molecule has 0 unspecified atom stereocenters. The molecule has 0 spiro atoms. The van der Waals surface area contributed by atoms with Crippen molar-refractivity contribution >= 4 is 78.2 Å². The Morgan fingerprint density at radius 1 is 1.16 bits per heavy atom. The summed E-state index contributed by atoms with van der Waals surface area (Å²) in [5.41, 5.74) is 1.52. The van der Waals surface area contributed by atoms with Crippen LogP contribution in [0, 0.1) is 7.14 Å². The Morgan fingerprint density at radius 2 is 1.84 bits per heavy atom. The summed E-state index contributed by atoms with van der Waals surface area (Å²) in [5.74, 6) is 1.91. The molecular weight excluding hydrogens is 696 g/mol. The second kappa shape index (κ2) is 10.5. The quantitative estimate of drug-likeness (QED) is 0.209. The van der Waals surface area contributed by atoms with Crippen LogP contribution in [0.2, 0.25) is 0 Å². The molecule has 1 aliphatic carbocycles. The van der Waals surface area contributed by atoms with Gasteiger partial charge in [-0.2, -0.15) is 9.78 Å². The number of nitrogens with zero attached hydrogens (tertiary/aromatic N) is 3. The van der Waals surface area contributed by atoms with Crippen molar-refractivity contribution in [3.05, 3.63) is 63.7 Å². The summed E-state index contributed by atoms with van der Waals surface area (Å²) in [7, 11) is 0. The standard InChI is InChI=1S/C24H24BrI2N3O2/c1-14(2)32-22-19(26)10-15(11-20(22)27)13-28-30-23(16-6-4-3-5-7-16)29-21-9-8-17(25)12-18(21)24(30)31/h8-14,16H,3-7H2,1-2H3. The van der Waals surface area contributed by atoms with Crippen LogP contribution < -0.4 is 10.3 Å². The van der Waals surface area contributed by atoms with E-state index in [1.807, 2.05) is 44.2 Å². The molecule has 8 heteroatoms. The Labute approximate surface area is 223 Å². The molecule has 1 fully saturated rings. The summed E-state index contributed by atoms with van der Waals surface area (Å²) in [6.07, 6.45) is 7.51. The topological polar surface area (TPSA) is 56.5 Å². The zero-order valence-corrected chi connectivity index (χ0v) is 23.8. The number of hydrogen-bond donors (Lipinski definition) is 0. The van der Waals surface area contributed by atoms with Crippen molar-refractivity contribution in [2.75, 3.05) is 0 Å². The number of halogens is 3. The lowest BCUT2D eigenvalue weighted by atomic mass is 9.88. The van der Waals surface area contributed by atoms with Gasteiger partial charge in [0.25, 0.3) is 5.56 Å². The van der Waals surface area contributed by atoms with Crippen LogP contribution in [0.25, 0.3) is 10.9 Å². The van der Waals surface area contributed by atoms with Crippen molar-refractivity contribution in [3.63, 3.8) is 0 Å². The minimum Gasteiger partial charge on any atom is -0.489 e. The van der Waals surface area contributed by atoms with Gasteiger partial charge in [0.2, 0.25) is 0 Å². The van der Waals surface area contributed by atoms with Crippen LogP contribution in [0.5, 0.6) is 5.75 Å². The van der Waals surface area contributed by atoms with E-state index in [1.54, 1.807) is 6.21 Å². The van der Waals surface area contributed by atoms with Gasteiger partial charge in [-0.1, -0.05) is 35.2 Å². The fraction of sp³-hybridized carbons (Fsp3) is 0.375. The average Bonchev–Trinajstić information content (AvgIpc) is 2.76. The minimum atomic E-state index is -0.128. The predicted molar refractivity (Wildman–Crippen MR) is 150 cm³/mol. The molecule has 5 nitrogen and oxygen atoms in total. The van der Waals surface area contributed by atoms with Crippen molar-refractivity contribution in [3.8, 4) is 5.75 Å². The van der Waals surface area contributed by atoms with E-state index in [-0.39, 0.29) is 17.6 Å². The van der Waals surface area contributed by atoms with E-state index in [1.165, 1.54) is 11.1 Å². The van der Waals surface area contributed by atoms with Gasteiger partial charge in [0.05, 0.1) is 30.4 Å². The van der Waals surface area contributed by atoms with Gasteiger partial charge >= 0.3 is 0 Å². The minimum absolute atomic E-state index is 0.108. The van der Waals surface area contributed by atoms with E-state index in [9.17, 15) is 4.79 Å². The van der Waals surface area contributed by atoms with E-state index < -0.39 is 0 Å². The molecule has 168 valence electrons. The third kappa shape index (κ3) is 5.38. The average molecular weight is 720 g/mol. The first-order chi connectivity index (χ1) is 15.3. The van der Waals surface area contributed by atoms with Crippen LogP contribution in [-0.4, -0.2) is 22.0 Å². The zero-order chi connectivity index (χ0) is 22.8. The SMILES string of the molecule is CC(C)Oc1c(I)cc(C=Nn2c(C3CCCCC3)nc3ccc(Br)cc3c2=O)cc1I. The fourth-order valence-corrected chi connectivity index (χ4v) is 6.46. The van der Waals surface area contributed by atoms with Crippen molar-refractivity contribution < 1.29 is 4.74 Å². The normalized spacial score (nSPS) is 15.2. The lowest BCUT2D eigenvalue weighted by molar-refractivity contribution is 0.239. The molecular formula is C24H24BrI2N3O2. The highest BCUT2D eigenvalue weighted by Gasteiger charge is 2.22. The van der Waals surface area contributed by atoms with Gasteiger partial charge in [-0.15, -0.1) is 0 Å². The van der Waals surface area contributed by atoms with Gasteiger partial charge in [0.1, 0.15) is 11.6 Å². The summed E-state index contributed by atoms with van der Waals surface area (Å²) in [5, 5.41) is 5.23. The third-order valence-electron chi connectivity index (χ3n) is 5.50. The molecule has 0 aliphatic heterocycles. The Bertz CT molecular complexity index is 1210. The molecule has 1 aliphatic rings. The van der Waals surface area contributed by atoms with E-state index >= 15 is 0 Å². The van der Waals surface area contributed by atoms with Crippen LogP contribution >= 0.6 is 61.1 Å². The molecule has 0 bridgehead atoms. The monoisotopic (exact) mass is 719 g/mol. The number of aromatic nitrogens is 2. The predicted octanol–water partition coefficient (Wildman–Crippen LogP) is 7.09. The first-order valence-electron chi connectivity index (χ1n) is 10.8. The Morgan fingerprint density at radius 3 is 2.50 bits per heavy atom. The van der Waals surface area contributed by atoms with E-state index in [0.717, 1.165) is 60.0 Å². The van der Waals surface area contributed by atoms with Crippen LogP contribution in [0.4, 0.5) is 0 Å². The summed E-state index contributed by atoms with van der Waals surface area (Å²) in [6.45, 7) is 4.04. The molecule has 1 aromatic heterocycles. The molecule has 0 saturated heterocycles. The maximum Gasteiger partial charge on any atom is 0.282 e. The molecule has 3 aromatic rings. The number of benzene rings is 2. The van der Waals surface area contributed by atoms with E-state index in [2.05, 4.69) is 66.2 Å². The summed E-state index contributed by atoms with van der Waals surface area (Å²) in [4.78, 5) is 18.3. The van der Waals surface area contributed by atoms with Crippen LogP contribution in [0.1, 0.15) is 63.3 Å². The van der Waals surface area contributed by atoms with Gasteiger partial charge in [-0.25, -0.2) is 4.98 Å². The van der Waals surface area contributed by atoms with Gasteiger partial charge < -0.3 is 4.74 Å². The van der Waals surface area contributed by atoms with Crippen LogP contribution in [0.3, 0.4) is 0 Å². The summed E-state index contributed by atoms with van der Waals surface area (Å²) >= 11 is 8.04. The number of ether oxygens (including phenoxy) is 1. The zero-order valence-electron chi connectivity index (χ0n) is 17.9. The van der Waals surface area contributed by atoms with Crippen molar-refractivity contribution in [2.24, 2.45) is 5.10 Å². The molecule has 0 amide bonds. The largest absolute Gasteiger partial charge is 0.489 e. The van der Waals surface area contributed by atoms with Crippen LogP contribution in [-0.2, 0) is 0 Å². The highest BCUT2D eigenvalue weighted by Crippen LogP contribution is 2.32. The van der Waals surface area contributed by atoms with Gasteiger partial charge in [0, 0.05) is 10.4 Å². The van der Waals surface area contributed by atoms with Crippen molar-refractivity contribution in [1.29, 1.82) is 0 Å².